The molecule has 2 saturated carbocycles. The Morgan fingerprint density at radius 2 is 1.61 bits per heavy atom. The van der Waals surface area contributed by atoms with Crippen molar-refractivity contribution in [3.05, 3.63) is 12.1 Å². The standard InChI is InChI=1S/C15H25BO2/c1-14(2)15(3,4)18-16(17-14)8-7-11-5-6-12-10-13(12)9-11/h7-8,11-13H,5-6,9-10H2,1-4H3/b8-7+. The normalized spacial score (nSPS) is 41.1. The Balaban J connectivity index is 1.57. The number of fused-ring (bicyclic) bond motifs is 1. The van der Waals surface area contributed by atoms with Gasteiger partial charge >= 0.3 is 7.12 Å². The van der Waals surface area contributed by atoms with Crippen LogP contribution in [-0.4, -0.2) is 18.3 Å². The van der Waals surface area contributed by atoms with Gasteiger partial charge in [-0.15, -0.1) is 0 Å². The molecule has 3 unspecified atom stereocenters. The molecule has 3 heteroatoms. The van der Waals surface area contributed by atoms with Gasteiger partial charge in [-0.2, -0.15) is 0 Å². The molecule has 0 aromatic rings. The van der Waals surface area contributed by atoms with Crippen molar-refractivity contribution in [1.82, 2.24) is 0 Å². The summed E-state index contributed by atoms with van der Waals surface area (Å²) in [4.78, 5) is 0. The van der Waals surface area contributed by atoms with Crippen molar-refractivity contribution in [3.8, 4) is 0 Å². The number of hydrogen-bond donors (Lipinski definition) is 0. The van der Waals surface area contributed by atoms with Crippen LogP contribution in [0.25, 0.3) is 0 Å². The lowest BCUT2D eigenvalue weighted by Crippen LogP contribution is -2.41. The summed E-state index contributed by atoms with van der Waals surface area (Å²) in [7, 11) is -0.160. The minimum Gasteiger partial charge on any atom is -0.400 e. The molecule has 3 atom stereocenters. The van der Waals surface area contributed by atoms with Crippen LogP contribution in [0.5, 0.6) is 0 Å². The molecule has 0 aromatic carbocycles. The number of allylic oxidation sites excluding steroid dienone is 1. The molecule has 0 bridgehead atoms. The van der Waals surface area contributed by atoms with Crippen LogP contribution < -0.4 is 0 Å². The second kappa shape index (κ2) is 4.11. The van der Waals surface area contributed by atoms with Crippen LogP contribution >= 0.6 is 0 Å². The predicted molar refractivity (Wildman–Crippen MR) is 74.2 cm³/mol. The maximum Gasteiger partial charge on any atom is 0.486 e. The summed E-state index contributed by atoms with van der Waals surface area (Å²) in [6.45, 7) is 8.43. The highest BCUT2D eigenvalue weighted by Crippen LogP contribution is 2.51. The van der Waals surface area contributed by atoms with E-state index in [9.17, 15) is 0 Å². The Labute approximate surface area is 111 Å². The molecule has 1 aliphatic heterocycles. The van der Waals surface area contributed by atoms with E-state index in [1.807, 2.05) is 0 Å². The summed E-state index contributed by atoms with van der Waals surface area (Å²) in [6.07, 6.45) is 8.01. The van der Waals surface area contributed by atoms with Gasteiger partial charge < -0.3 is 9.31 Å². The average Bonchev–Trinajstić information content (AvgIpc) is 2.98. The van der Waals surface area contributed by atoms with Crippen LogP contribution in [0.2, 0.25) is 0 Å². The Bertz CT molecular complexity index is 346. The second-order valence-electron chi connectivity index (χ2n) is 7.34. The van der Waals surface area contributed by atoms with Gasteiger partial charge in [0, 0.05) is 0 Å². The van der Waals surface area contributed by atoms with E-state index in [1.54, 1.807) is 0 Å². The lowest BCUT2D eigenvalue weighted by Gasteiger charge is -2.32. The van der Waals surface area contributed by atoms with E-state index in [-0.39, 0.29) is 18.3 Å². The fraction of sp³-hybridized carbons (Fsp3) is 0.867. The molecule has 0 amide bonds. The molecule has 2 nitrogen and oxygen atoms in total. The maximum atomic E-state index is 5.98. The van der Waals surface area contributed by atoms with Gasteiger partial charge in [0.15, 0.2) is 0 Å². The monoisotopic (exact) mass is 248 g/mol. The Kier molecular flexibility index (Phi) is 2.91. The van der Waals surface area contributed by atoms with E-state index in [4.69, 9.17) is 9.31 Å². The van der Waals surface area contributed by atoms with Crippen molar-refractivity contribution in [2.24, 2.45) is 17.8 Å². The topological polar surface area (TPSA) is 18.5 Å². The lowest BCUT2D eigenvalue weighted by atomic mass is 9.83. The molecule has 1 heterocycles. The van der Waals surface area contributed by atoms with Crippen molar-refractivity contribution in [2.75, 3.05) is 0 Å². The summed E-state index contributed by atoms with van der Waals surface area (Å²) in [5.74, 6) is 5.01. The third-order valence-corrected chi connectivity index (χ3v) is 5.39. The molecule has 100 valence electrons. The van der Waals surface area contributed by atoms with E-state index in [0.717, 1.165) is 17.8 Å². The van der Waals surface area contributed by atoms with Crippen molar-refractivity contribution in [1.29, 1.82) is 0 Å². The quantitative estimate of drug-likeness (QED) is 0.695. The van der Waals surface area contributed by atoms with Gasteiger partial charge in [0.05, 0.1) is 11.2 Å². The van der Waals surface area contributed by atoms with Gasteiger partial charge in [-0.3, -0.25) is 0 Å². The van der Waals surface area contributed by atoms with Crippen molar-refractivity contribution < 1.29 is 9.31 Å². The third-order valence-electron chi connectivity index (χ3n) is 5.39. The van der Waals surface area contributed by atoms with Crippen LogP contribution in [0.3, 0.4) is 0 Å². The van der Waals surface area contributed by atoms with Gasteiger partial charge in [-0.25, -0.2) is 0 Å². The lowest BCUT2D eigenvalue weighted by molar-refractivity contribution is 0.00578. The van der Waals surface area contributed by atoms with Crippen molar-refractivity contribution in [3.63, 3.8) is 0 Å². The molecule has 1 saturated heterocycles. The molecule has 0 N–H and O–H groups in total. The summed E-state index contributed by atoms with van der Waals surface area (Å²) < 4.78 is 12.0. The molecule has 18 heavy (non-hydrogen) atoms. The van der Waals surface area contributed by atoms with Gasteiger partial charge in [0.1, 0.15) is 0 Å². The molecule has 0 radical (unpaired) electrons. The maximum absolute atomic E-state index is 5.98. The minimum absolute atomic E-state index is 0.160. The van der Waals surface area contributed by atoms with Gasteiger partial charge in [-0.1, -0.05) is 12.1 Å². The van der Waals surface area contributed by atoms with E-state index in [1.165, 1.54) is 25.7 Å². The average molecular weight is 248 g/mol. The fourth-order valence-corrected chi connectivity index (χ4v) is 3.28. The minimum atomic E-state index is -0.212. The first-order valence-corrected chi connectivity index (χ1v) is 7.41. The SMILES string of the molecule is CC1(C)OB(/C=C/C2CCC3CC3C2)OC1(C)C. The van der Waals surface area contributed by atoms with E-state index >= 15 is 0 Å². The largest absolute Gasteiger partial charge is 0.486 e. The molecule has 0 spiro atoms. The zero-order valence-corrected chi connectivity index (χ0v) is 12.1. The molecule has 3 rings (SSSR count). The molecular weight excluding hydrogens is 223 g/mol. The van der Waals surface area contributed by atoms with E-state index in [0.29, 0.717) is 0 Å². The number of hydrogen-bond acceptors (Lipinski definition) is 2. The van der Waals surface area contributed by atoms with Gasteiger partial charge in [-0.05, 0) is 71.1 Å². The first-order chi connectivity index (χ1) is 8.37. The zero-order chi connectivity index (χ0) is 13.0. The van der Waals surface area contributed by atoms with Crippen molar-refractivity contribution in [2.45, 2.75) is 64.6 Å². The Hall–Kier alpha value is -0.275. The highest BCUT2D eigenvalue weighted by Gasteiger charge is 2.50. The van der Waals surface area contributed by atoms with Crippen LogP contribution in [0.1, 0.15) is 53.4 Å². The summed E-state index contributed by atoms with van der Waals surface area (Å²) in [5.41, 5.74) is -0.424. The van der Waals surface area contributed by atoms with Crippen LogP contribution in [0.15, 0.2) is 12.1 Å². The Morgan fingerprint density at radius 1 is 0.944 bits per heavy atom. The molecule has 3 fully saturated rings. The molecule has 3 aliphatic rings. The fourth-order valence-electron chi connectivity index (χ4n) is 3.28. The first-order valence-electron chi connectivity index (χ1n) is 7.41. The summed E-state index contributed by atoms with van der Waals surface area (Å²) in [6, 6.07) is 0. The zero-order valence-electron chi connectivity index (χ0n) is 12.1. The van der Waals surface area contributed by atoms with E-state index < -0.39 is 0 Å². The van der Waals surface area contributed by atoms with Crippen LogP contribution in [0, 0.1) is 17.8 Å². The summed E-state index contributed by atoms with van der Waals surface area (Å²) >= 11 is 0. The number of rotatable bonds is 2. The highest BCUT2D eigenvalue weighted by molar-refractivity contribution is 6.51. The van der Waals surface area contributed by atoms with Crippen LogP contribution in [-0.2, 0) is 9.31 Å². The molecule has 2 aliphatic carbocycles. The molecule has 0 aromatic heterocycles. The van der Waals surface area contributed by atoms with Gasteiger partial charge in [0.2, 0.25) is 0 Å². The third kappa shape index (κ3) is 2.27. The second-order valence-corrected chi connectivity index (χ2v) is 7.34. The summed E-state index contributed by atoms with van der Waals surface area (Å²) in [5, 5.41) is 0. The molecular formula is C15H25BO2. The highest BCUT2D eigenvalue weighted by atomic mass is 16.7. The predicted octanol–water partition coefficient (Wildman–Crippen LogP) is 3.61. The van der Waals surface area contributed by atoms with E-state index in [2.05, 4.69) is 39.7 Å². The Morgan fingerprint density at radius 3 is 2.22 bits per heavy atom. The smallest absolute Gasteiger partial charge is 0.400 e. The van der Waals surface area contributed by atoms with Gasteiger partial charge in [0.25, 0.3) is 0 Å². The van der Waals surface area contributed by atoms with Crippen LogP contribution in [0.4, 0.5) is 0 Å². The first kappa shape index (κ1) is 12.7. The van der Waals surface area contributed by atoms with Crippen molar-refractivity contribution >= 4 is 7.12 Å².